The van der Waals surface area contributed by atoms with Crippen LogP contribution >= 0.6 is 11.8 Å². The molecule has 1 aromatic carbocycles. The average Bonchev–Trinajstić information content (AvgIpc) is 2.01. The lowest BCUT2D eigenvalue weighted by atomic mass is 10.3. The van der Waals surface area contributed by atoms with Gasteiger partial charge in [0.1, 0.15) is 0 Å². The van der Waals surface area contributed by atoms with E-state index >= 15 is 0 Å². The van der Waals surface area contributed by atoms with E-state index in [0.29, 0.717) is 5.69 Å². The Morgan fingerprint density at radius 3 is 2.54 bits per heavy atom. The van der Waals surface area contributed by atoms with Crippen molar-refractivity contribution in [3.8, 4) is 0 Å². The first-order valence-corrected chi connectivity index (χ1v) is 4.36. The van der Waals surface area contributed by atoms with Gasteiger partial charge < -0.3 is 5.32 Å². The zero-order valence-electron chi connectivity index (χ0n) is 6.85. The summed E-state index contributed by atoms with van der Waals surface area (Å²) in [5, 5.41) is 2.77. The quantitative estimate of drug-likeness (QED) is 0.746. The predicted octanol–water partition coefficient (Wildman–Crippen LogP) is 3.34. The molecule has 0 unspecified atom stereocenters. The number of nitrogens with one attached hydrogen (secondary N) is 1. The third-order valence-corrected chi connectivity index (χ3v) is 2.08. The van der Waals surface area contributed by atoms with Gasteiger partial charge in [-0.2, -0.15) is 13.2 Å². The molecular formula is C8H8F3NS. The second kappa shape index (κ2) is 3.91. The van der Waals surface area contributed by atoms with Crippen LogP contribution in [0, 0.1) is 0 Å². The van der Waals surface area contributed by atoms with Crippen molar-refractivity contribution in [3.63, 3.8) is 0 Å². The third-order valence-electron chi connectivity index (χ3n) is 1.36. The van der Waals surface area contributed by atoms with E-state index in [0.717, 1.165) is 0 Å². The number of hydrogen-bond donors (Lipinski definition) is 1. The van der Waals surface area contributed by atoms with Crippen LogP contribution < -0.4 is 5.32 Å². The molecule has 0 bridgehead atoms. The van der Waals surface area contributed by atoms with E-state index in [1.165, 1.54) is 12.1 Å². The van der Waals surface area contributed by atoms with E-state index in [1.54, 1.807) is 19.2 Å². The molecular weight excluding hydrogens is 199 g/mol. The Balaban J connectivity index is 2.78. The highest BCUT2D eigenvalue weighted by Gasteiger charge is 2.29. The van der Waals surface area contributed by atoms with Crippen LogP contribution in [0.5, 0.6) is 0 Å². The summed E-state index contributed by atoms with van der Waals surface area (Å²) < 4.78 is 35.8. The zero-order valence-corrected chi connectivity index (χ0v) is 7.67. The number of rotatable bonds is 2. The van der Waals surface area contributed by atoms with Crippen LogP contribution in [0.4, 0.5) is 18.9 Å². The number of benzene rings is 1. The molecule has 0 fully saturated rings. The Hall–Kier alpha value is -0.840. The highest BCUT2D eigenvalue weighted by molar-refractivity contribution is 8.00. The fraction of sp³-hybridized carbons (Fsp3) is 0.250. The molecule has 1 aromatic rings. The third kappa shape index (κ3) is 3.59. The molecule has 72 valence electrons. The Morgan fingerprint density at radius 1 is 1.31 bits per heavy atom. The van der Waals surface area contributed by atoms with E-state index < -0.39 is 5.51 Å². The molecule has 1 N–H and O–H groups in total. The Labute approximate surface area is 78.3 Å². The van der Waals surface area contributed by atoms with Crippen molar-refractivity contribution >= 4 is 17.4 Å². The number of halogens is 3. The highest BCUT2D eigenvalue weighted by atomic mass is 32.2. The SMILES string of the molecule is CNc1cccc(SC(F)(F)F)c1. The largest absolute Gasteiger partial charge is 0.446 e. The monoisotopic (exact) mass is 207 g/mol. The van der Waals surface area contributed by atoms with E-state index in [4.69, 9.17) is 0 Å². The maximum Gasteiger partial charge on any atom is 0.446 e. The molecule has 0 heterocycles. The van der Waals surface area contributed by atoms with Crippen molar-refractivity contribution in [3.05, 3.63) is 24.3 Å². The molecule has 0 amide bonds. The van der Waals surface area contributed by atoms with Crippen molar-refractivity contribution < 1.29 is 13.2 Å². The van der Waals surface area contributed by atoms with Gasteiger partial charge >= 0.3 is 5.51 Å². The summed E-state index contributed by atoms with van der Waals surface area (Å²) in [5.74, 6) is 0. The van der Waals surface area contributed by atoms with Gasteiger partial charge in [0.25, 0.3) is 0 Å². The minimum atomic E-state index is -4.22. The normalized spacial score (nSPS) is 11.4. The molecule has 0 spiro atoms. The summed E-state index contributed by atoms with van der Waals surface area (Å²) >= 11 is -0.110. The van der Waals surface area contributed by atoms with Crippen LogP contribution in [-0.2, 0) is 0 Å². The summed E-state index contributed by atoms with van der Waals surface area (Å²) in [6.07, 6.45) is 0. The van der Waals surface area contributed by atoms with Gasteiger partial charge in [-0.1, -0.05) is 6.07 Å². The lowest BCUT2D eigenvalue weighted by Gasteiger charge is -2.06. The number of thioether (sulfide) groups is 1. The summed E-state index contributed by atoms with van der Waals surface area (Å²) in [5.41, 5.74) is -3.54. The van der Waals surface area contributed by atoms with Crippen LogP contribution in [0.3, 0.4) is 0 Å². The smallest absolute Gasteiger partial charge is 0.388 e. The second-order valence-corrected chi connectivity index (χ2v) is 3.46. The molecule has 13 heavy (non-hydrogen) atoms. The molecule has 0 atom stereocenters. The van der Waals surface area contributed by atoms with E-state index in [1.807, 2.05) is 0 Å². The summed E-state index contributed by atoms with van der Waals surface area (Å²) in [4.78, 5) is 0.194. The van der Waals surface area contributed by atoms with Crippen LogP contribution in [0.1, 0.15) is 0 Å². The van der Waals surface area contributed by atoms with E-state index in [-0.39, 0.29) is 16.7 Å². The van der Waals surface area contributed by atoms with E-state index in [2.05, 4.69) is 5.32 Å². The van der Waals surface area contributed by atoms with Crippen LogP contribution in [0.25, 0.3) is 0 Å². The van der Waals surface area contributed by atoms with Gasteiger partial charge in [-0.3, -0.25) is 0 Å². The lowest BCUT2D eigenvalue weighted by Crippen LogP contribution is -1.99. The molecule has 0 saturated carbocycles. The second-order valence-electron chi connectivity index (χ2n) is 2.33. The molecule has 0 saturated heterocycles. The van der Waals surface area contributed by atoms with Gasteiger partial charge in [0.05, 0.1) is 0 Å². The first-order chi connectivity index (χ1) is 6.01. The molecule has 0 aromatic heterocycles. The fourth-order valence-corrected chi connectivity index (χ4v) is 1.45. The van der Waals surface area contributed by atoms with Gasteiger partial charge in [-0.25, -0.2) is 0 Å². The fourth-order valence-electron chi connectivity index (χ4n) is 0.849. The zero-order chi connectivity index (χ0) is 9.90. The van der Waals surface area contributed by atoms with Gasteiger partial charge in [-0.05, 0) is 30.0 Å². The highest BCUT2D eigenvalue weighted by Crippen LogP contribution is 2.37. The molecule has 0 aliphatic rings. The summed E-state index contributed by atoms with van der Waals surface area (Å²) in [6.45, 7) is 0. The van der Waals surface area contributed by atoms with Crippen LogP contribution in [-0.4, -0.2) is 12.6 Å². The maximum absolute atomic E-state index is 11.9. The van der Waals surface area contributed by atoms with Crippen molar-refractivity contribution in [2.24, 2.45) is 0 Å². The number of hydrogen-bond acceptors (Lipinski definition) is 2. The molecule has 0 radical (unpaired) electrons. The van der Waals surface area contributed by atoms with Crippen molar-refractivity contribution in [1.29, 1.82) is 0 Å². The van der Waals surface area contributed by atoms with Crippen molar-refractivity contribution in [1.82, 2.24) is 0 Å². The Morgan fingerprint density at radius 2 is 2.00 bits per heavy atom. The molecule has 0 aliphatic heterocycles. The van der Waals surface area contributed by atoms with Crippen molar-refractivity contribution in [2.75, 3.05) is 12.4 Å². The van der Waals surface area contributed by atoms with Crippen LogP contribution in [0.15, 0.2) is 29.2 Å². The molecule has 1 rings (SSSR count). The van der Waals surface area contributed by atoms with Gasteiger partial charge in [-0.15, -0.1) is 0 Å². The first-order valence-electron chi connectivity index (χ1n) is 3.55. The van der Waals surface area contributed by atoms with Gasteiger partial charge in [0.2, 0.25) is 0 Å². The number of alkyl halides is 3. The summed E-state index contributed by atoms with van der Waals surface area (Å²) in [7, 11) is 1.66. The standard InChI is InChI=1S/C8H8F3NS/c1-12-6-3-2-4-7(5-6)13-8(9,10)11/h2-5,12H,1H3. The van der Waals surface area contributed by atoms with Crippen molar-refractivity contribution in [2.45, 2.75) is 10.4 Å². The average molecular weight is 207 g/mol. The Bertz CT molecular complexity index is 285. The minimum Gasteiger partial charge on any atom is -0.388 e. The summed E-state index contributed by atoms with van der Waals surface area (Å²) in [6, 6.07) is 6.18. The molecule has 5 heteroatoms. The Kier molecular flexibility index (Phi) is 3.08. The predicted molar refractivity (Wildman–Crippen MR) is 47.9 cm³/mol. The van der Waals surface area contributed by atoms with Gasteiger partial charge in [0.15, 0.2) is 0 Å². The minimum absolute atomic E-state index is 0.110. The first kappa shape index (κ1) is 10.2. The lowest BCUT2D eigenvalue weighted by molar-refractivity contribution is -0.0328. The maximum atomic E-state index is 11.9. The van der Waals surface area contributed by atoms with Gasteiger partial charge in [0, 0.05) is 17.6 Å². The van der Waals surface area contributed by atoms with E-state index in [9.17, 15) is 13.2 Å². The topological polar surface area (TPSA) is 12.0 Å². The van der Waals surface area contributed by atoms with Crippen LogP contribution in [0.2, 0.25) is 0 Å². The number of anilines is 1. The molecule has 1 nitrogen and oxygen atoms in total. The molecule has 0 aliphatic carbocycles.